The van der Waals surface area contributed by atoms with Crippen LogP contribution in [0.25, 0.3) is 11.5 Å². The topological polar surface area (TPSA) is 78.1 Å². The Hall–Kier alpha value is -1.51. The number of aromatic nitrogens is 3. The fourth-order valence-electron chi connectivity index (χ4n) is 3.77. The number of carbonyl (C=O) groups excluding carboxylic acids is 1. The van der Waals surface area contributed by atoms with Gasteiger partial charge in [0.15, 0.2) is 0 Å². The minimum Gasteiger partial charge on any atom is -0.465 e. The van der Waals surface area contributed by atoms with Gasteiger partial charge < -0.3 is 9.26 Å². The smallest absolute Gasteiger partial charge is 0.339 e. The second-order valence-corrected chi connectivity index (χ2v) is 9.07. The van der Waals surface area contributed by atoms with E-state index in [0.717, 1.165) is 25.2 Å². The number of methoxy groups -OCH3 is 1. The van der Waals surface area contributed by atoms with Crippen LogP contribution in [0, 0.1) is 0 Å². The first-order chi connectivity index (χ1) is 11.5. The van der Waals surface area contributed by atoms with E-state index < -0.39 is 5.97 Å². The van der Waals surface area contributed by atoms with Crippen LogP contribution in [0.3, 0.4) is 0 Å². The molecule has 2 aromatic rings. The number of esters is 1. The molecular formula is C17H18IN3O3. The van der Waals surface area contributed by atoms with Crippen LogP contribution in [0.4, 0.5) is 0 Å². The Morgan fingerprint density at radius 2 is 1.92 bits per heavy atom. The molecule has 0 aromatic carbocycles. The van der Waals surface area contributed by atoms with Gasteiger partial charge in [-0.15, -0.1) is 0 Å². The summed E-state index contributed by atoms with van der Waals surface area (Å²) in [5, 5.41) is 4.12. The average Bonchev–Trinajstić information content (AvgIpc) is 3.13. The van der Waals surface area contributed by atoms with E-state index in [2.05, 4.69) is 42.5 Å². The molecular weight excluding hydrogens is 421 g/mol. The van der Waals surface area contributed by atoms with E-state index in [1.54, 1.807) is 12.1 Å². The number of ether oxygens (including phenoxy) is 1. The zero-order valence-electron chi connectivity index (χ0n) is 13.4. The maximum Gasteiger partial charge on any atom is 0.339 e. The van der Waals surface area contributed by atoms with Crippen LogP contribution in [-0.4, -0.2) is 31.6 Å². The fraction of sp³-hybridized carbons (Fsp3) is 0.529. The second-order valence-electron chi connectivity index (χ2n) is 6.78. The van der Waals surface area contributed by atoms with Crippen molar-refractivity contribution in [3.05, 3.63) is 29.8 Å². The summed E-state index contributed by atoms with van der Waals surface area (Å²) in [5.74, 6) is 0.815. The van der Waals surface area contributed by atoms with E-state index in [9.17, 15) is 4.79 Å². The molecule has 2 aromatic heterocycles. The van der Waals surface area contributed by atoms with E-state index in [4.69, 9.17) is 4.52 Å². The van der Waals surface area contributed by atoms with Crippen molar-refractivity contribution in [3.63, 3.8) is 0 Å². The van der Waals surface area contributed by atoms with Crippen LogP contribution >= 0.6 is 22.6 Å². The molecule has 0 N–H and O–H groups in total. The maximum absolute atomic E-state index is 11.5. The molecule has 0 aliphatic heterocycles. The van der Waals surface area contributed by atoms with E-state index >= 15 is 0 Å². The third-order valence-corrected chi connectivity index (χ3v) is 7.07. The lowest BCUT2D eigenvalue weighted by atomic mass is 9.60. The zero-order chi connectivity index (χ0) is 16.8. The largest absolute Gasteiger partial charge is 0.465 e. The van der Waals surface area contributed by atoms with E-state index in [0.29, 0.717) is 20.5 Å². The predicted molar refractivity (Wildman–Crippen MR) is 95.0 cm³/mol. The molecule has 0 unspecified atom stereocenters. The molecule has 3 fully saturated rings. The molecule has 0 amide bonds. The SMILES string of the molecule is COC(=O)c1ccc(-c2noc(C34CCC(I)(CC3)CC4)n2)nc1. The number of carbonyl (C=O) groups is 1. The molecule has 2 heterocycles. The zero-order valence-corrected chi connectivity index (χ0v) is 15.6. The Morgan fingerprint density at radius 1 is 1.21 bits per heavy atom. The van der Waals surface area contributed by atoms with Gasteiger partial charge in [0.1, 0.15) is 5.69 Å². The molecule has 7 heteroatoms. The van der Waals surface area contributed by atoms with Crippen LogP contribution in [0.1, 0.15) is 54.8 Å². The van der Waals surface area contributed by atoms with Gasteiger partial charge in [-0.3, -0.25) is 4.98 Å². The van der Waals surface area contributed by atoms with Crippen molar-refractivity contribution < 1.29 is 14.1 Å². The van der Waals surface area contributed by atoms with Crippen LogP contribution < -0.4 is 0 Å². The van der Waals surface area contributed by atoms with Gasteiger partial charge in [-0.05, 0) is 50.7 Å². The summed E-state index contributed by atoms with van der Waals surface area (Å²) < 4.78 is 10.8. The summed E-state index contributed by atoms with van der Waals surface area (Å²) in [4.78, 5) is 20.4. The first-order valence-electron chi connectivity index (χ1n) is 8.12. The first-order valence-corrected chi connectivity index (χ1v) is 9.19. The summed E-state index contributed by atoms with van der Waals surface area (Å²) in [6.45, 7) is 0. The van der Waals surface area contributed by atoms with Crippen molar-refractivity contribution in [1.29, 1.82) is 0 Å². The fourth-order valence-corrected chi connectivity index (χ4v) is 4.58. The molecule has 0 spiro atoms. The van der Waals surface area contributed by atoms with Crippen LogP contribution in [0.2, 0.25) is 0 Å². The Bertz CT molecular complexity index is 747. The Labute approximate surface area is 153 Å². The predicted octanol–water partition coefficient (Wildman–Crippen LogP) is 3.70. The number of halogens is 1. The van der Waals surface area contributed by atoms with Crippen LogP contribution in [0.5, 0.6) is 0 Å². The highest BCUT2D eigenvalue weighted by atomic mass is 127. The molecule has 3 aliphatic carbocycles. The summed E-state index contributed by atoms with van der Waals surface area (Å²) in [5.41, 5.74) is 1.05. The van der Waals surface area contributed by atoms with Gasteiger partial charge in [-0.2, -0.15) is 4.98 Å². The average molecular weight is 439 g/mol. The number of rotatable bonds is 3. The van der Waals surface area contributed by atoms with Gasteiger partial charge >= 0.3 is 5.97 Å². The Kier molecular flexibility index (Phi) is 3.85. The van der Waals surface area contributed by atoms with Gasteiger partial charge in [0.05, 0.1) is 12.7 Å². The minimum atomic E-state index is -0.409. The summed E-state index contributed by atoms with van der Waals surface area (Å²) in [7, 11) is 1.35. The highest BCUT2D eigenvalue weighted by Gasteiger charge is 2.51. The Morgan fingerprint density at radius 3 is 2.50 bits per heavy atom. The second kappa shape index (κ2) is 5.79. The van der Waals surface area contributed by atoms with Crippen molar-refractivity contribution in [2.24, 2.45) is 0 Å². The van der Waals surface area contributed by atoms with Crippen molar-refractivity contribution in [3.8, 4) is 11.5 Å². The molecule has 2 bridgehead atoms. The highest BCUT2D eigenvalue weighted by molar-refractivity contribution is 14.1. The summed E-state index contributed by atoms with van der Waals surface area (Å²) in [6.07, 6.45) is 8.48. The Balaban J connectivity index is 1.58. The number of nitrogens with zero attached hydrogens (tertiary/aromatic N) is 3. The van der Waals surface area contributed by atoms with Crippen molar-refractivity contribution in [1.82, 2.24) is 15.1 Å². The number of alkyl halides is 1. The van der Waals surface area contributed by atoms with Gasteiger partial charge in [-0.25, -0.2) is 4.79 Å². The van der Waals surface area contributed by atoms with Crippen molar-refractivity contribution >= 4 is 28.6 Å². The number of fused-ring (bicyclic) bond motifs is 3. The van der Waals surface area contributed by atoms with Crippen molar-refractivity contribution in [2.75, 3.05) is 7.11 Å². The molecule has 3 saturated carbocycles. The third kappa shape index (κ3) is 2.62. The number of hydrogen-bond acceptors (Lipinski definition) is 6. The van der Waals surface area contributed by atoms with E-state index in [1.165, 1.54) is 32.6 Å². The summed E-state index contributed by atoms with van der Waals surface area (Å²) in [6, 6.07) is 3.38. The van der Waals surface area contributed by atoms with Gasteiger partial charge in [-0.1, -0.05) is 27.7 Å². The minimum absolute atomic E-state index is 0.0458. The van der Waals surface area contributed by atoms with E-state index in [-0.39, 0.29) is 5.41 Å². The number of hydrogen-bond donors (Lipinski definition) is 0. The normalized spacial score (nSPS) is 28.8. The standard InChI is InChI=1S/C17H18IN3O3/c1-23-14(22)11-2-3-12(19-10-11)13-20-15(24-21-13)16-4-7-17(18,8-5-16)9-6-16/h2-3,10H,4-9H2,1H3. The monoisotopic (exact) mass is 439 g/mol. The third-order valence-electron chi connectivity index (χ3n) is 5.45. The highest BCUT2D eigenvalue weighted by Crippen LogP contribution is 2.56. The lowest BCUT2D eigenvalue weighted by molar-refractivity contribution is 0.0600. The van der Waals surface area contributed by atoms with E-state index in [1.807, 2.05) is 0 Å². The quantitative estimate of drug-likeness (QED) is 0.413. The maximum atomic E-state index is 11.5. The molecule has 5 rings (SSSR count). The molecule has 6 nitrogen and oxygen atoms in total. The lowest BCUT2D eigenvalue weighted by Gasteiger charge is -2.48. The molecule has 3 aliphatic rings. The van der Waals surface area contributed by atoms with Gasteiger partial charge in [0.2, 0.25) is 11.7 Å². The van der Waals surface area contributed by atoms with Gasteiger partial charge in [0.25, 0.3) is 0 Å². The number of pyridine rings is 1. The first kappa shape index (κ1) is 16.0. The lowest BCUT2D eigenvalue weighted by Crippen LogP contribution is -2.44. The van der Waals surface area contributed by atoms with Gasteiger partial charge in [0, 0.05) is 15.0 Å². The molecule has 0 saturated heterocycles. The van der Waals surface area contributed by atoms with Crippen molar-refractivity contribution in [2.45, 2.75) is 47.4 Å². The molecule has 0 radical (unpaired) electrons. The molecule has 0 atom stereocenters. The van der Waals surface area contributed by atoms with Crippen LogP contribution in [-0.2, 0) is 10.2 Å². The molecule has 126 valence electrons. The molecule has 24 heavy (non-hydrogen) atoms. The van der Waals surface area contributed by atoms with Crippen LogP contribution in [0.15, 0.2) is 22.9 Å². The summed E-state index contributed by atoms with van der Waals surface area (Å²) >= 11 is 2.63.